The van der Waals surface area contributed by atoms with Crippen molar-refractivity contribution in [1.29, 1.82) is 0 Å². The molecule has 0 bridgehead atoms. The molecular formula is C18H24N2O3S. The number of aryl methyl sites for hydroxylation is 2. The summed E-state index contributed by atoms with van der Waals surface area (Å²) in [6, 6.07) is 8.85. The van der Waals surface area contributed by atoms with E-state index in [1.54, 1.807) is 30.5 Å². The van der Waals surface area contributed by atoms with E-state index in [0.717, 1.165) is 24.0 Å². The fourth-order valence-corrected chi connectivity index (χ4v) is 3.37. The molecule has 0 spiro atoms. The Bertz CT molecular complexity index is 774. The van der Waals surface area contributed by atoms with Gasteiger partial charge in [-0.3, -0.25) is 4.98 Å². The zero-order valence-corrected chi connectivity index (χ0v) is 15.2. The number of sulfonamides is 1. The van der Waals surface area contributed by atoms with Crippen LogP contribution in [0.5, 0.6) is 5.75 Å². The lowest BCUT2D eigenvalue weighted by atomic mass is 10.1. The smallest absolute Gasteiger partial charge is 0.244 e. The van der Waals surface area contributed by atoms with Crippen molar-refractivity contribution in [1.82, 2.24) is 9.71 Å². The van der Waals surface area contributed by atoms with Gasteiger partial charge in [-0.1, -0.05) is 19.4 Å². The molecule has 5 nitrogen and oxygen atoms in total. The molecule has 0 unspecified atom stereocenters. The van der Waals surface area contributed by atoms with Crippen molar-refractivity contribution in [2.45, 2.75) is 45.1 Å². The quantitative estimate of drug-likeness (QED) is 0.743. The van der Waals surface area contributed by atoms with Gasteiger partial charge in [0.25, 0.3) is 0 Å². The topological polar surface area (TPSA) is 68.3 Å². The monoisotopic (exact) mass is 348 g/mol. The Kier molecular flexibility index (Phi) is 6.34. The molecule has 6 heteroatoms. The van der Waals surface area contributed by atoms with Crippen LogP contribution in [-0.2, 0) is 16.6 Å². The first-order valence-electron chi connectivity index (χ1n) is 8.07. The van der Waals surface area contributed by atoms with Gasteiger partial charge in [0.2, 0.25) is 10.0 Å². The Morgan fingerprint density at radius 1 is 1.17 bits per heavy atom. The molecule has 130 valence electrons. The van der Waals surface area contributed by atoms with Gasteiger partial charge in [-0.15, -0.1) is 0 Å². The number of benzene rings is 1. The first-order chi connectivity index (χ1) is 11.4. The van der Waals surface area contributed by atoms with Crippen LogP contribution in [0, 0.1) is 13.8 Å². The molecule has 2 aromatic rings. The lowest BCUT2D eigenvalue weighted by Gasteiger charge is -2.15. The summed E-state index contributed by atoms with van der Waals surface area (Å²) in [4.78, 5) is 4.31. The van der Waals surface area contributed by atoms with Crippen LogP contribution in [0.2, 0.25) is 0 Å². The maximum atomic E-state index is 12.7. The molecule has 2 rings (SSSR count). The van der Waals surface area contributed by atoms with Gasteiger partial charge in [0.15, 0.2) is 0 Å². The lowest BCUT2D eigenvalue weighted by molar-refractivity contribution is 0.301. The van der Waals surface area contributed by atoms with Gasteiger partial charge in [0, 0.05) is 6.20 Å². The predicted molar refractivity (Wildman–Crippen MR) is 94.6 cm³/mol. The average molecular weight is 348 g/mol. The molecule has 1 aromatic heterocycles. The second-order valence-electron chi connectivity index (χ2n) is 5.73. The second-order valence-corrected chi connectivity index (χ2v) is 7.47. The molecular weight excluding hydrogens is 324 g/mol. The van der Waals surface area contributed by atoms with E-state index in [2.05, 4.69) is 16.6 Å². The predicted octanol–water partition coefficient (Wildman–Crippen LogP) is 3.36. The van der Waals surface area contributed by atoms with E-state index in [1.807, 2.05) is 19.9 Å². The maximum Gasteiger partial charge on any atom is 0.244 e. The summed E-state index contributed by atoms with van der Waals surface area (Å²) in [6.45, 7) is 6.55. The van der Waals surface area contributed by atoms with Crippen LogP contribution >= 0.6 is 0 Å². The summed E-state index contributed by atoms with van der Waals surface area (Å²) < 4.78 is 33.7. The van der Waals surface area contributed by atoms with Crippen LogP contribution in [0.3, 0.4) is 0 Å². The Morgan fingerprint density at radius 2 is 1.92 bits per heavy atom. The fourth-order valence-electron chi connectivity index (χ4n) is 2.16. The first-order valence-corrected chi connectivity index (χ1v) is 9.56. The van der Waals surface area contributed by atoms with E-state index in [4.69, 9.17) is 4.74 Å². The van der Waals surface area contributed by atoms with E-state index in [1.165, 1.54) is 0 Å². The maximum absolute atomic E-state index is 12.7. The third kappa shape index (κ3) is 4.79. The zero-order chi connectivity index (χ0) is 17.6. The summed E-state index contributed by atoms with van der Waals surface area (Å²) in [5.41, 5.74) is 2.58. The standard InChI is InChI=1S/C18H24N2O3S/c1-4-5-10-23-17-11-14(2)15(3)12-18(17)24(21,22)20-13-16-8-6-7-9-19-16/h6-9,11-12,20H,4-5,10,13H2,1-3H3. The minimum absolute atomic E-state index is 0.143. The highest BCUT2D eigenvalue weighted by Gasteiger charge is 2.21. The molecule has 1 N–H and O–H groups in total. The Hall–Kier alpha value is -1.92. The van der Waals surface area contributed by atoms with Crippen LogP contribution in [0.15, 0.2) is 41.4 Å². The van der Waals surface area contributed by atoms with Gasteiger partial charge in [-0.25, -0.2) is 13.1 Å². The lowest BCUT2D eigenvalue weighted by Crippen LogP contribution is -2.24. The number of unbranched alkanes of at least 4 members (excludes halogenated alkanes) is 1. The van der Waals surface area contributed by atoms with Crippen LogP contribution in [-0.4, -0.2) is 20.0 Å². The number of hydrogen-bond acceptors (Lipinski definition) is 4. The number of hydrogen-bond donors (Lipinski definition) is 1. The third-order valence-corrected chi connectivity index (χ3v) is 5.20. The van der Waals surface area contributed by atoms with Crippen LogP contribution in [0.4, 0.5) is 0 Å². The summed E-state index contributed by atoms with van der Waals surface area (Å²) in [7, 11) is -3.68. The second kappa shape index (κ2) is 8.26. The summed E-state index contributed by atoms with van der Waals surface area (Å²) >= 11 is 0. The molecule has 1 heterocycles. The molecule has 1 aromatic carbocycles. The number of rotatable bonds is 8. The minimum Gasteiger partial charge on any atom is -0.492 e. The Morgan fingerprint density at radius 3 is 2.58 bits per heavy atom. The van der Waals surface area contributed by atoms with Crippen LogP contribution in [0.1, 0.15) is 36.6 Å². The van der Waals surface area contributed by atoms with E-state index in [9.17, 15) is 8.42 Å². The molecule has 0 amide bonds. The molecule has 0 atom stereocenters. The van der Waals surface area contributed by atoms with Crippen LogP contribution < -0.4 is 9.46 Å². The summed E-state index contributed by atoms with van der Waals surface area (Å²) in [5.74, 6) is 0.403. The van der Waals surface area contributed by atoms with E-state index >= 15 is 0 Å². The zero-order valence-electron chi connectivity index (χ0n) is 14.4. The molecule has 0 aliphatic heterocycles. The van der Waals surface area contributed by atoms with Gasteiger partial charge < -0.3 is 4.74 Å². The highest BCUT2D eigenvalue weighted by molar-refractivity contribution is 7.89. The number of nitrogens with one attached hydrogen (secondary N) is 1. The SMILES string of the molecule is CCCCOc1cc(C)c(C)cc1S(=O)(=O)NCc1ccccn1. The van der Waals surface area contributed by atoms with E-state index in [0.29, 0.717) is 18.1 Å². The summed E-state index contributed by atoms with van der Waals surface area (Å²) in [5, 5.41) is 0. The van der Waals surface area contributed by atoms with Crippen molar-refractivity contribution in [3.63, 3.8) is 0 Å². The van der Waals surface area contributed by atoms with Crippen molar-refractivity contribution < 1.29 is 13.2 Å². The Balaban J connectivity index is 2.25. The third-order valence-electron chi connectivity index (χ3n) is 3.77. The molecule has 0 radical (unpaired) electrons. The Labute approximate surface area is 144 Å². The highest BCUT2D eigenvalue weighted by atomic mass is 32.2. The van der Waals surface area contributed by atoms with Crippen molar-refractivity contribution in [3.8, 4) is 5.75 Å². The van der Waals surface area contributed by atoms with Crippen molar-refractivity contribution in [3.05, 3.63) is 53.3 Å². The number of aromatic nitrogens is 1. The van der Waals surface area contributed by atoms with E-state index in [-0.39, 0.29) is 11.4 Å². The molecule has 24 heavy (non-hydrogen) atoms. The van der Waals surface area contributed by atoms with Crippen molar-refractivity contribution in [2.75, 3.05) is 6.61 Å². The largest absolute Gasteiger partial charge is 0.492 e. The molecule has 0 fully saturated rings. The number of nitrogens with zero attached hydrogens (tertiary/aromatic N) is 1. The minimum atomic E-state index is -3.68. The van der Waals surface area contributed by atoms with Crippen molar-refractivity contribution in [2.24, 2.45) is 0 Å². The van der Waals surface area contributed by atoms with Gasteiger partial charge in [0.1, 0.15) is 10.6 Å². The average Bonchev–Trinajstić information content (AvgIpc) is 2.57. The van der Waals surface area contributed by atoms with Crippen molar-refractivity contribution >= 4 is 10.0 Å². The fraction of sp³-hybridized carbons (Fsp3) is 0.389. The van der Waals surface area contributed by atoms with E-state index < -0.39 is 10.0 Å². The number of pyridine rings is 1. The van der Waals surface area contributed by atoms with Gasteiger partial charge in [-0.2, -0.15) is 0 Å². The molecule has 0 aliphatic rings. The highest BCUT2D eigenvalue weighted by Crippen LogP contribution is 2.28. The number of ether oxygens (including phenoxy) is 1. The van der Waals surface area contributed by atoms with Crippen LogP contribution in [0.25, 0.3) is 0 Å². The van der Waals surface area contributed by atoms with Gasteiger partial charge in [0.05, 0.1) is 18.8 Å². The molecule has 0 saturated carbocycles. The van der Waals surface area contributed by atoms with Gasteiger partial charge in [-0.05, 0) is 55.7 Å². The van der Waals surface area contributed by atoms with Gasteiger partial charge >= 0.3 is 0 Å². The molecule has 0 saturated heterocycles. The normalized spacial score (nSPS) is 11.5. The first kappa shape index (κ1) is 18.4. The summed E-state index contributed by atoms with van der Waals surface area (Å²) in [6.07, 6.45) is 3.51. The molecule has 0 aliphatic carbocycles.